The number of hydrogen-bond donors (Lipinski definition) is 6. The summed E-state index contributed by atoms with van der Waals surface area (Å²) in [6.07, 6.45) is 5.97. The Labute approximate surface area is 495 Å². The van der Waals surface area contributed by atoms with Crippen molar-refractivity contribution >= 4 is 69.3 Å². The van der Waals surface area contributed by atoms with Gasteiger partial charge in [0.15, 0.2) is 22.0 Å². The number of phenols is 1. The van der Waals surface area contributed by atoms with Crippen LogP contribution >= 0.6 is 12.2 Å². The molecule has 7 rings (SSSR count). The predicted octanol–water partition coefficient (Wildman–Crippen LogP) is 10.4. The van der Waals surface area contributed by atoms with Crippen LogP contribution in [0, 0.1) is 5.41 Å². The first-order chi connectivity index (χ1) is 40.4. The summed E-state index contributed by atoms with van der Waals surface area (Å²) in [7, 11) is 3.15. The molecule has 4 aromatic rings. The number of benzene rings is 5. The summed E-state index contributed by atoms with van der Waals surface area (Å²) in [5, 5.41) is 33.0. The van der Waals surface area contributed by atoms with Gasteiger partial charge in [0.1, 0.15) is 29.2 Å². The molecule has 448 valence electrons. The molecule has 20 heteroatoms. The lowest BCUT2D eigenvalue weighted by Crippen LogP contribution is -2.49. The van der Waals surface area contributed by atoms with E-state index in [0.717, 1.165) is 44.1 Å². The number of carbonyl (C=O) groups is 5. The van der Waals surface area contributed by atoms with E-state index in [2.05, 4.69) is 42.0 Å². The molecule has 2 atom stereocenters. The van der Waals surface area contributed by atoms with Crippen LogP contribution in [0.1, 0.15) is 119 Å². The Morgan fingerprint density at radius 1 is 0.774 bits per heavy atom. The number of rotatable bonds is 30. The van der Waals surface area contributed by atoms with Crippen molar-refractivity contribution in [3.63, 3.8) is 0 Å². The SMILES string of the molecule is CCC(C)(C)CC(=O)N1CCCCC1C(=O)OC(CCc1ccc(OC)c(OC)c1)c1cccc(NC(=O)CCC(=O)NCCOCCCCCOCCNC(=S)Nc2ccc(-c3c4ccc(=O)cc-4oc4cc(O)ccc34)c(C(=O)O)c2)c1. The number of aromatic carboxylic acids is 1. The summed E-state index contributed by atoms with van der Waals surface area (Å²) < 4.78 is 34.7. The molecule has 0 aromatic heterocycles. The van der Waals surface area contributed by atoms with E-state index in [0.29, 0.717) is 128 Å². The molecule has 1 fully saturated rings. The molecule has 0 spiro atoms. The molecule has 2 aliphatic heterocycles. The number of nitrogens with zero attached hydrogens (tertiary/aromatic N) is 1. The number of likely N-dealkylation sites (tertiary alicyclic amines) is 1. The van der Waals surface area contributed by atoms with Crippen molar-refractivity contribution in [1.29, 1.82) is 0 Å². The smallest absolute Gasteiger partial charge is 0.336 e. The standard InChI is InChI=1S/C64H77N5O14S/c1-6-64(2,3)40-59(74)69-30-9-8-15-51(69)62(77)83-52(24-16-41-17-25-53(78-4)56(35-41)79-5)42-13-12-14-43(36-42)67-58(73)27-26-57(72)65-28-33-80-31-10-7-11-32-81-34-29-66-63(84)68-44-18-21-47(50(37-44)61(75)76)60-48-22-19-45(70)38-54(48)82-55-39-46(71)20-23-49(55)60/h12-14,17-23,25,35-39,51-52,70H,6-11,15-16,24,26-34,40H2,1-5H3,(H,65,72)(H,67,73)(H,75,76)(H2,66,68,84). The van der Waals surface area contributed by atoms with Crippen LogP contribution in [0.4, 0.5) is 11.4 Å². The number of nitrogens with one attached hydrogen (secondary N) is 4. The number of hydrogen-bond acceptors (Lipinski definition) is 14. The Hall–Kier alpha value is -8.07. The molecule has 2 unspecified atom stereocenters. The number of aryl methyl sites for hydroxylation is 1. The van der Waals surface area contributed by atoms with E-state index >= 15 is 0 Å². The first-order valence-corrected chi connectivity index (χ1v) is 29.0. The minimum atomic E-state index is -1.17. The fraction of sp³-hybridized carbons (Fsp3) is 0.422. The Morgan fingerprint density at radius 3 is 2.24 bits per heavy atom. The first kappa shape index (κ1) is 63.5. The maximum absolute atomic E-state index is 14.1. The van der Waals surface area contributed by atoms with Crippen molar-refractivity contribution in [2.45, 2.75) is 110 Å². The van der Waals surface area contributed by atoms with Crippen molar-refractivity contribution in [3.05, 3.63) is 124 Å². The number of phenolic OH excluding ortho intramolecular Hbond substituents is 1. The molecule has 19 nitrogen and oxygen atoms in total. The quantitative estimate of drug-likeness (QED) is 0.0106. The number of carbonyl (C=O) groups excluding carboxylic acids is 4. The zero-order chi connectivity index (χ0) is 60.2. The highest BCUT2D eigenvalue weighted by atomic mass is 32.1. The number of aromatic hydroxyl groups is 1. The topological polar surface area (TPSA) is 254 Å². The lowest BCUT2D eigenvalue weighted by molar-refractivity contribution is -0.162. The average molecular weight is 1170 g/mol. The molecular weight excluding hydrogens is 1090 g/mol. The van der Waals surface area contributed by atoms with Gasteiger partial charge in [-0.1, -0.05) is 51.5 Å². The molecule has 0 bridgehead atoms. The molecule has 1 saturated heterocycles. The molecule has 0 radical (unpaired) electrons. The van der Waals surface area contributed by atoms with Crippen molar-refractivity contribution in [3.8, 4) is 39.7 Å². The maximum Gasteiger partial charge on any atom is 0.336 e. The predicted molar refractivity (Wildman–Crippen MR) is 325 cm³/mol. The van der Waals surface area contributed by atoms with Gasteiger partial charge in [0.05, 0.1) is 33.0 Å². The summed E-state index contributed by atoms with van der Waals surface area (Å²) in [5.74, 6) is -0.910. The first-order valence-electron chi connectivity index (χ1n) is 28.6. The number of amides is 3. The number of esters is 1. The average Bonchev–Trinajstić information content (AvgIpc) is 1.08. The van der Waals surface area contributed by atoms with E-state index in [1.54, 1.807) is 61.6 Å². The Bertz CT molecular complexity index is 3290. The van der Waals surface area contributed by atoms with E-state index in [-0.39, 0.29) is 63.6 Å². The second-order valence-corrected chi connectivity index (χ2v) is 21.9. The van der Waals surface area contributed by atoms with Gasteiger partial charge in [0.25, 0.3) is 0 Å². The van der Waals surface area contributed by atoms with Gasteiger partial charge < -0.3 is 64.5 Å². The van der Waals surface area contributed by atoms with Crippen molar-refractivity contribution in [2.75, 3.05) is 70.9 Å². The van der Waals surface area contributed by atoms with Gasteiger partial charge in [-0.25, -0.2) is 9.59 Å². The van der Waals surface area contributed by atoms with Gasteiger partial charge in [-0.2, -0.15) is 0 Å². The van der Waals surface area contributed by atoms with E-state index < -0.39 is 24.1 Å². The van der Waals surface area contributed by atoms with Crippen LogP contribution in [-0.4, -0.2) is 116 Å². The van der Waals surface area contributed by atoms with Gasteiger partial charge in [-0.05, 0) is 146 Å². The van der Waals surface area contributed by atoms with Crippen LogP contribution in [0.15, 0.2) is 106 Å². The molecule has 0 saturated carbocycles. The number of methoxy groups -OCH3 is 2. The third kappa shape index (κ3) is 18.2. The van der Waals surface area contributed by atoms with E-state index in [9.17, 15) is 39.0 Å². The third-order valence-electron chi connectivity index (χ3n) is 14.8. The number of piperidine rings is 1. The minimum Gasteiger partial charge on any atom is -0.508 e. The Kier molecular flexibility index (Phi) is 23.4. The highest BCUT2D eigenvalue weighted by Crippen LogP contribution is 2.43. The fourth-order valence-electron chi connectivity index (χ4n) is 9.94. The normalized spacial score (nSPS) is 13.7. The van der Waals surface area contributed by atoms with Gasteiger partial charge in [0.2, 0.25) is 17.7 Å². The number of anilines is 2. The van der Waals surface area contributed by atoms with Gasteiger partial charge in [-0.3, -0.25) is 19.2 Å². The number of carboxylic acids is 1. The lowest BCUT2D eigenvalue weighted by Gasteiger charge is -2.37. The van der Waals surface area contributed by atoms with Gasteiger partial charge in [-0.15, -0.1) is 0 Å². The lowest BCUT2D eigenvalue weighted by atomic mass is 9.85. The summed E-state index contributed by atoms with van der Waals surface area (Å²) in [4.78, 5) is 79.9. The second-order valence-electron chi connectivity index (χ2n) is 21.5. The second kappa shape index (κ2) is 31.0. The zero-order valence-electron chi connectivity index (χ0n) is 48.5. The van der Waals surface area contributed by atoms with Crippen LogP contribution in [0.25, 0.3) is 33.4 Å². The largest absolute Gasteiger partial charge is 0.508 e. The molecule has 4 aromatic carbocycles. The van der Waals surface area contributed by atoms with Crippen LogP contribution in [0.3, 0.4) is 0 Å². The highest BCUT2D eigenvalue weighted by molar-refractivity contribution is 7.80. The summed E-state index contributed by atoms with van der Waals surface area (Å²) in [6, 6.07) is 25.8. The molecule has 3 amide bonds. The summed E-state index contributed by atoms with van der Waals surface area (Å²) >= 11 is 5.47. The van der Waals surface area contributed by atoms with Crippen LogP contribution in [0.2, 0.25) is 0 Å². The number of fused-ring (bicyclic) bond motifs is 2. The van der Waals surface area contributed by atoms with Crippen LogP contribution in [0.5, 0.6) is 17.2 Å². The summed E-state index contributed by atoms with van der Waals surface area (Å²) in [6.45, 7) is 9.13. The molecule has 1 aliphatic carbocycles. The molecular formula is C64H77N5O14S. The van der Waals surface area contributed by atoms with Gasteiger partial charge >= 0.3 is 11.9 Å². The maximum atomic E-state index is 14.1. The Morgan fingerprint density at radius 2 is 1.50 bits per heavy atom. The number of thiocarbonyl (C=S) groups is 1. The van der Waals surface area contributed by atoms with Crippen molar-refractivity contribution in [1.82, 2.24) is 15.5 Å². The highest BCUT2D eigenvalue weighted by Gasteiger charge is 2.36. The van der Waals surface area contributed by atoms with Crippen LogP contribution in [-0.2, 0) is 39.8 Å². The van der Waals surface area contributed by atoms with E-state index in [1.165, 1.54) is 30.3 Å². The monoisotopic (exact) mass is 1170 g/mol. The molecule has 84 heavy (non-hydrogen) atoms. The number of ether oxygens (including phenoxy) is 5. The van der Waals surface area contributed by atoms with E-state index in [1.807, 2.05) is 24.3 Å². The fourth-order valence-corrected chi connectivity index (χ4v) is 10.2. The van der Waals surface area contributed by atoms with E-state index in [4.69, 9.17) is 40.3 Å². The molecule has 6 N–H and O–H groups in total. The summed E-state index contributed by atoms with van der Waals surface area (Å²) in [5.41, 5.74) is 3.85. The number of carboxylic acid groups (broad SMARTS) is 1. The van der Waals surface area contributed by atoms with Gasteiger partial charge in [0, 0.05) is 92.1 Å². The number of unbranched alkanes of at least 4 members (excludes halogenated alkanes) is 2. The zero-order valence-corrected chi connectivity index (χ0v) is 49.3. The minimum absolute atomic E-state index is 0.00798. The van der Waals surface area contributed by atoms with Crippen LogP contribution < -0.4 is 36.2 Å². The van der Waals surface area contributed by atoms with Crippen molar-refractivity contribution in [2.24, 2.45) is 5.41 Å². The molecule has 3 aliphatic rings. The Balaban J connectivity index is 0.777. The van der Waals surface area contributed by atoms with Crippen molar-refractivity contribution < 1.29 is 62.3 Å². The molecule has 2 heterocycles. The third-order valence-corrected chi connectivity index (χ3v) is 15.1.